The van der Waals surface area contributed by atoms with E-state index >= 15 is 0 Å². The zero-order valence-electron chi connectivity index (χ0n) is 11.0. The van der Waals surface area contributed by atoms with E-state index in [1.807, 2.05) is 0 Å². The Labute approximate surface area is 118 Å². The third kappa shape index (κ3) is 5.15. The number of rotatable bonds is 9. The van der Waals surface area contributed by atoms with Crippen molar-refractivity contribution in [1.82, 2.24) is 19.3 Å². The van der Waals surface area contributed by atoms with E-state index in [9.17, 15) is 8.42 Å². The molecule has 1 aliphatic carbocycles. The molecule has 0 amide bonds. The van der Waals surface area contributed by atoms with E-state index in [0.717, 1.165) is 17.8 Å². The van der Waals surface area contributed by atoms with Crippen LogP contribution in [0.25, 0.3) is 0 Å². The molecular weight excluding hydrogens is 284 g/mol. The molecule has 1 saturated carbocycles. The van der Waals surface area contributed by atoms with Gasteiger partial charge in [-0.1, -0.05) is 0 Å². The summed E-state index contributed by atoms with van der Waals surface area (Å²) in [6.45, 7) is 1.70. The minimum atomic E-state index is -3.39. The summed E-state index contributed by atoms with van der Waals surface area (Å²) in [5, 5.41) is 3.37. The quantitative estimate of drug-likeness (QED) is 0.654. The van der Waals surface area contributed by atoms with E-state index < -0.39 is 10.2 Å². The van der Waals surface area contributed by atoms with Crippen LogP contribution < -0.4 is 10.0 Å². The van der Waals surface area contributed by atoms with E-state index in [4.69, 9.17) is 0 Å². The van der Waals surface area contributed by atoms with E-state index in [-0.39, 0.29) is 0 Å². The first-order valence-electron chi connectivity index (χ1n) is 6.39. The molecule has 0 saturated heterocycles. The molecule has 0 aliphatic heterocycles. The highest BCUT2D eigenvalue weighted by atomic mass is 32.2. The van der Waals surface area contributed by atoms with Crippen LogP contribution in [0.5, 0.6) is 0 Å². The van der Waals surface area contributed by atoms with Crippen LogP contribution in [0.15, 0.2) is 11.7 Å². The lowest BCUT2D eigenvalue weighted by molar-refractivity contribution is 0.444. The molecule has 2 N–H and O–H groups in total. The Hall–Kier alpha value is -0.540. The van der Waals surface area contributed by atoms with Gasteiger partial charge >= 0.3 is 0 Å². The molecule has 0 radical (unpaired) electrons. The molecular formula is C11H20N4O2S2. The fraction of sp³-hybridized carbons (Fsp3) is 0.727. The second kappa shape index (κ2) is 6.76. The molecule has 1 heterocycles. The van der Waals surface area contributed by atoms with Crippen molar-refractivity contribution in [3.63, 3.8) is 0 Å². The lowest BCUT2D eigenvalue weighted by atomic mass is 10.4. The van der Waals surface area contributed by atoms with Crippen molar-refractivity contribution in [1.29, 1.82) is 0 Å². The van der Waals surface area contributed by atoms with E-state index in [2.05, 4.69) is 15.0 Å². The zero-order chi connectivity index (χ0) is 13.7. The van der Waals surface area contributed by atoms with Crippen LogP contribution >= 0.6 is 11.3 Å². The van der Waals surface area contributed by atoms with Crippen LogP contribution in [-0.2, 0) is 16.8 Å². The number of hydrogen-bond donors (Lipinski definition) is 2. The van der Waals surface area contributed by atoms with Crippen molar-refractivity contribution in [2.45, 2.75) is 31.8 Å². The molecule has 1 fully saturated rings. The fourth-order valence-corrected chi connectivity index (χ4v) is 3.17. The molecule has 0 aromatic carbocycles. The second-order valence-corrected chi connectivity index (χ2v) is 7.53. The van der Waals surface area contributed by atoms with Crippen molar-refractivity contribution in [3.8, 4) is 0 Å². The molecule has 0 unspecified atom stereocenters. The number of aromatic nitrogens is 1. The average Bonchev–Trinajstić information content (AvgIpc) is 3.05. The molecule has 2 rings (SSSR count). The molecule has 0 bridgehead atoms. The highest BCUT2D eigenvalue weighted by Gasteiger charge is 2.20. The third-order valence-corrected chi connectivity index (χ3v) is 5.27. The Balaban J connectivity index is 1.67. The van der Waals surface area contributed by atoms with E-state index in [0.29, 0.717) is 19.1 Å². The summed E-state index contributed by atoms with van der Waals surface area (Å²) in [6, 6.07) is 0.673. The van der Waals surface area contributed by atoms with Gasteiger partial charge in [0.05, 0.1) is 5.51 Å². The SMILES string of the molecule is CN(CCCNC1CC1)S(=O)(=O)NCc1cncs1. The molecule has 108 valence electrons. The minimum absolute atomic E-state index is 0.303. The molecule has 0 spiro atoms. The van der Waals surface area contributed by atoms with Gasteiger partial charge in [-0.3, -0.25) is 4.98 Å². The molecule has 0 atom stereocenters. The van der Waals surface area contributed by atoms with Crippen LogP contribution in [0.2, 0.25) is 0 Å². The van der Waals surface area contributed by atoms with Crippen LogP contribution in [-0.4, -0.2) is 43.9 Å². The van der Waals surface area contributed by atoms with Gasteiger partial charge in [0.15, 0.2) is 0 Å². The van der Waals surface area contributed by atoms with Crippen LogP contribution in [0.1, 0.15) is 24.1 Å². The standard InChI is InChI=1S/C11H20N4O2S2/c1-15(6-2-5-13-10-3-4-10)19(16,17)14-8-11-7-12-9-18-11/h7,9-10,13-14H,2-6,8H2,1H3. The topological polar surface area (TPSA) is 74.3 Å². The summed E-state index contributed by atoms with van der Waals surface area (Å²) in [6.07, 6.45) is 5.01. The Bertz CT molecular complexity index is 471. The zero-order valence-corrected chi connectivity index (χ0v) is 12.6. The maximum absolute atomic E-state index is 11.9. The summed E-state index contributed by atoms with van der Waals surface area (Å²) in [4.78, 5) is 4.82. The van der Waals surface area contributed by atoms with Gasteiger partial charge < -0.3 is 5.32 Å². The van der Waals surface area contributed by atoms with Crippen molar-refractivity contribution in [2.24, 2.45) is 0 Å². The van der Waals surface area contributed by atoms with Gasteiger partial charge in [0.2, 0.25) is 0 Å². The Kier molecular flexibility index (Phi) is 5.28. The van der Waals surface area contributed by atoms with Crippen LogP contribution in [0.3, 0.4) is 0 Å². The monoisotopic (exact) mass is 304 g/mol. The van der Waals surface area contributed by atoms with Gasteiger partial charge in [0.1, 0.15) is 0 Å². The molecule has 8 heteroatoms. The minimum Gasteiger partial charge on any atom is -0.314 e. The van der Waals surface area contributed by atoms with Crippen molar-refractivity contribution < 1.29 is 8.42 Å². The van der Waals surface area contributed by atoms with Gasteiger partial charge in [-0.2, -0.15) is 17.4 Å². The molecule has 1 aromatic heterocycles. The first-order valence-corrected chi connectivity index (χ1v) is 8.71. The van der Waals surface area contributed by atoms with E-state index in [1.54, 1.807) is 18.8 Å². The first kappa shape index (κ1) is 14.9. The highest BCUT2D eigenvalue weighted by Crippen LogP contribution is 2.18. The molecule has 19 heavy (non-hydrogen) atoms. The molecule has 6 nitrogen and oxygen atoms in total. The Morgan fingerprint density at radius 1 is 1.53 bits per heavy atom. The largest absolute Gasteiger partial charge is 0.314 e. The predicted octanol–water partition coefficient (Wildman–Crippen LogP) is 0.551. The Morgan fingerprint density at radius 2 is 2.32 bits per heavy atom. The lowest BCUT2D eigenvalue weighted by Gasteiger charge is -2.17. The maximum Gasteiger partial charge on any atom is 0.279 e. The van der Waals surface area contributed by atoms with Crippen molar-refractivity contribution in [3.05, 3.63) is 16.6 Å². The van der Waals surface area contributed by atoms with Gasteiger partial charge in [-0.25, -0.2) is 0 Å². The molecule has 1 aromatic rings. The summed E-state index contributed by atoms with van der Waals surface area (Å²) in [5.41, 5.74) is 1.69. The highest BCUT2D eigenvalue weighted by molar-refractivity contribution is 7.87. The first-order chi connectivity index (χ1) is 9.08. The Morgan fingerprint density at radius 3 is 2.95 bits per heavy atom. The number of thiazole rings is 1. The molecule has 1 aliphatic rings. The summed E-state index contributed by atoms with van der Waals surface area (Å²) in [5.74, 6) is 0. The van der Waals surface area contributed by atoms with Gasteiger partial charge in [0, 0.05) is 37.3 Å². The summed E-state index contributed by atoms with van der Waals surface area (Å²) >= 11 is 1.44. The number of nitrogens with zero attached hydrogens (tertiary/aromatic N) is 2. The lowest BCUT2D eigenvalue weighted by Crippen LogP contribution is -2.39. The summed E-state index contributed by atoms with van der Waals surface area (Å²) < 4.78 is 27.8. The third-order valence-electron chi connectivity index (χ3n) is 2.98. The number of nitrogens with one attached hydrogen (secondary N) is 2. The fourth-order valence-electron chi connectivity index (χ4n) is 1.62. The average molecular weight is 304 g/mol. The normalized spacial score (nSPS) is 16.1. The second-order valence-electron chi connectivity index (χ2n) is 4.70. The van der Waals surface area contributed by atoms with Gasteiger partial charge in [0.25, 0.3) is 10.2 Å². The smallest absolute Gasteiger partial charge is 0.279 e. The van der Waals surface area contributed by atoms with Gasteiger partial charge in [-0.05, 0) is 25.8 Å². The van der Waals surface area contributed by atoms with Crippen LogP contribution in [0, 0.1) is 0 Å². The van der Waals surface area contributed by atoms with E-state index in [1.165, 1.54) is 28.5 Å². The van der Waals surface area contributed by atoms with Crippen molar-refractivity contribution >= 4 is 21.5 Å². The van der Waals surface area contributed by atoms with Crippen LogP contribution in [0.4, 0.5) is 0 Å². The summed E-state index contributed by atoms with van der Waals surface area (Å²) in [7, 11) is -1.78. The predicted molar refractivity (Wildman–Crippen MR) is 76.1 cm³/mol. The number of hydrogen-bond acceptors (Lipinski definition) is 5. The van der Waals surface area contributed by atoms with Gasteiger partial charge in [-0.15, -0.1) is 11.3 Å². The van der Waals surface area contributed by atoms with Crippen molar-refractivity contribution in [2.75, 3.05) is 20.1 Å². The maximum atomic E-state index is 11.9.